The Hall–Kier alpha value is -3.16. The highest BCUT2D eigenvalue weighted by atomic mass is 19.4. The predicted molar refractivity (Wildman–Crippen MR) is 112 cm³/mol. The Morgan fingerprint density at radius 1 is 1.19 bits per heavy atom. The summed E-state index contributed by atoms with van der Waals surface area (Å²) in [7, 11) is 0. The third kappa shape index (κ3) is 4.84. The van der Waals surface area contributed by atoms with E-state index in [2.05, 4.69) is 9.97 Å². The SMILES string of the molecule is Cc1nc(C)c(C(=O)N2CCCC(c3ccc(Cc4cccc(C(F)(F)F)c4)cn3)C2)o1. The number of carbonyl (C=O) groups excluding carboxylic acids is 1. The van der Waals surface area contributed by atoms with E-state index < -0.39 is 11.7 Å². The number of hydrogen-bond donors (Lipinski definition) is 0. The van der Waals surface area contributed by atoms with Crippen LogP contribution in [-0.4, -0.2) is 33.9 Å². The molecule has 1 unspecified atom stereocenters. The normalized spacial score (nSPS) is 16.9. The molecule has 1 aliphatic heterocycles. The van der Waals surface area contributed by atoms with Gasteiger partial charge in [-0.25, -0.2) is 4.98 Å². The zero-order chi connectivity index (χ0) is 22.9. The average molecular weight is 443 g/mol. The third-order valence-corrected chi connectivity index (χ3v) is 5.73. The number of likely N-dealkylation sites (tertiary alicyclic amines) is 1. The number of aryl methyl sites for hydroxylation is 2. The molecule has 1 atom stereocenters. The standard InChI is InChI=1S/C24H24F3N3O2/c1-15-22(32-16(2)29-15)23(31)30-10-4-6-19(14-30)21-9-8-18(13-28-21)11-17-5-3-7-20(12-17)24(25,26)27/h3,5,7-9,12-13,19H,4,6,10-11,14H2,1-2H3. The highest BCUT2D eigenvalue weighted by Gasteiger charge is 2.31. The molecule has 2 aromatic heterocycles. The van der Waals surface area contributed by atoms with Crippen molar-refractivity contribution in [3.05, 3.63) is 82.3 Å². The topological polar surface area (TPSA) is 59.2 Å². The van der Waals surface area contributed by atoms with Gasteiger partial charge in [0.25, 0.3) is 5.91 Å². The molecule has 5 nitrogen and oxygen atoms in total. The van der Waals surface area contributed by atoms with Gasteiger partial charge in [0.05, 0.1) is 11.3 Å². The molecule has 0 aliphatic carbocycles. The van der Waals surface area contributed by atoms with Crippen molar-refractivity contribution < 1.29 is 22.4 Å². The number of oxazole rings is 1. The lowest BCUT2D eigenvalue weighted by Gasteiger charge is -2.32. The van der Waals surface area contributed by atoms with Crippen LogP contribution in [0.25, 0.3) is 0 Å². The van der Waals surface area contributed by atoms with E-state index in [0.29, 0.717) is 36.7 Å². The lowest BCUT2D eigenvalue weighted by atomic mass is 9.93. The number of amides is 1. The average Bonchev–Trinajstić information content (AvgIpc) is 3.11. The fraction of sp³-hybridized carbons (Fsp3) is 0.375. The van der Waals surface area contributed by atoms with Crippen LogP contribution in [-0.2, 0) is 12.6 Å². The molecule has 1 aliphatic rings. The molecular formula is C24H24F3N3O2. The number of pyridine rings is 1. The first-order chi connectivity index (χ1) is 15.2. The number of benzene rings is 1. The minimum absolute atomic E-state index is 0.0969. The van der Waals surface area contributed by atoms with Crippen molar-refractivity contribution in [1.29, 1.82) is 0 Å². The summed E-state index contributed by atoms with van der Waals surface area (Å²) in [6, 6.07) is 9.15. The van der Waals surface area contributed by atoms with Crippen molar-refractivity contribution in [3.8, 4) is 0 Å². The summed E-state index contributed by atoms with van der Waals surface area (Å²) in [6.45, 7) is 4.67. The number of aromatic nitrogens is 2. The number of carbonyl (C=O) groups is 1. The Morgan fingerprint density at radius 3 is 2.66 bits per heavy atom. The maximum absolute atomic E-state index is 12.9. The van der Waals surface area contributed by atoms with Crippen LogP contribution in [0, 0.1) is 13.8 Å². The van der Waals surface area contributed by atoms with Gasteiger partial charge in [0.15, 0.2) is 5.89 Å². The molecule has 3 aromatic rings. The van der Waals surface area contributed by atoms with E-state index in [0.717, 1.165) is 30.2 Å². The molecule has 8 heteroatoms. The van der Waals surface area contributed by atoms with E-state index in [1.54, 1.807) is 31.0 Å². The van der Waals surface area contributed by atoms with Crippen LogP contribution < -0.4 is 0 Å². The van der Waals surface area contributed by atoms with Gasteiger partial charge in [-0.05, 0) is 49.4 Å². The Balaban J connectivity index is 1.44. The number of nitrogens with zero attached hydrogens (tertiary/aromatic N) is 3. The van der Waals surface area contributed by atoms with Crippen LogP contribution in [0.5, 0.6) is 0 Å². The molecule has 0 bridgehead atoms. The highest BCUT2D eigenvalue weighted by Crippen LogP contribution is 2.30. The molecule has 0 N–H and O–H groups in total. The van der Waals surface area contributed by atoms with E-state index in [4.69, 9.17) is 4.42 Å². The first kappa shape index (κ1) is 22.0. The van der Waals surface area contributed by atoms with Crippen LogP contribution >= 0.6 is 0 Å². The highest BCUT2D eigenvalue weighted by molar-refractivity contribution is 5.92. The number of alkyl halides is 3. The van der Waals surface area contributed by atoms with Gasteiger partial charge in [0.1, 0.15) is 0 Å². The lowest BCUT2D eigenvalue weighted by molar-refractivity contribution is -0.137. The second kappa shape index (κ2) is 8.76. The van der Waals surface area contributed by atoms with Crippen molar-refractivity contribution in [2.24, 2.45) is 0 Å². The molecule has 1 amide bonds. The van der Waals surface area contributed by atoms with Crippen LogP contribution in [0.2, 0.25) is 0 Å². The van der Waals surface area contributed by atoms with Gasteiger partial charge >= 0.3 is 6.18 Å². The van der Waals surface area contributed by atoms with Crippen molar-refractivity contribution in [1.82, 2.24) is 14.9 Å². The number of halogens is 3. The van der Waals surface area contributed by atoms with E-state index in [1.165, 1.54) is 12.1 Å². The summed E-state index contributed by atoms with van der Waals surface area (Å²) < 4.78 is 44.3. The second-order valence-corrected chi connectivity index (χ2v) is 8.20. The van der Waals surface area contributed by atoms with E-state index in [-0.39, 0.29) is 17.6 Å². The lowest BCUT2D eigenvalue weighted by Crippen LogP contribution is -2.39. The molecule has 4 rings (SSSR count). The van der Waals surface area contributed by atoms with Crippen LogP contribution in [0.15, 0.2) is 47.0 Å². The number of piperidine rings is 1. The van der Waals surface area contributed by atoms with E-state index in [9.17, 15) is 18.0 Å². The molecule has 3 heterocycles. The predicted octanol–water partition coefficient (Wildman–Crippen LogP) is 5.32. The van der Waals surface area contributed by atoms with Gasteiger partial charge in [-0.1, -0.05) is 24.3 Å². The molecule has 0 saturated carbocycles. The zero-order valence-electron chi connectivity index (χ0n) is 17.9. The Kier molecular flexibility index (Phi) is 6.04. The molecule has 1 aromatic carbocycles. The summed E-state index contributed by atoms with van der Waals surface area (Å²) >= 11 is 0. The second-order valence-electron chi connectivity index (χ2n) is 8.20. The smallest absolute Gasteiger partial charge is 0.416 e. The van der Waals surface area contributed by atoms with Crippen molar-refractivity contribution in [2.45, 2.75) is 45.2 Å². The molecule has 168 valence electrons. The number of rotatable bonds is 4. The Labute approximate surface area is 184 Å². The van der Waals surface area contributed by atoms with E-state index in [1.807, 2.05) is 12.1 Å². The summed E-state index contributed by atoms with van der Waals surface area (Å²) in [5.74, 6) is 0.693. The summed E-state index contributed by atoms with van der Waals surface area (Å²) in [4.78, 5) is 23.4. The molecule has 1 fully saturated rings. The molecule has 0 spiro atoms. The maximum Gasteiger partial charge on any atom is 0.416 e. The number of hydrogen-bond acceptors (Lipinski definition) is 4. The fourth-order valence-electron chi connectivity index (χ4n) is 4.15. The molecule has 32 heavy (non-hydrogen) atoms. The Morgan fingerprint density at radius 2 is 2.00 bits per heavy atom. The van der Waals surface area contributed by atoms with Gasteiger partial charge in [-0.15, -0.1) is 0 Å². The minimum Gasteiger partial charge on any atom is -0.436 e. The van der Waals surface area contributed by atoms with Crippen molar-refractivity contribution >= 4 is 5.91 Å². The summed E-state index contributed by atoms with van der Waals surface area (Å²) in [5.41, 5.74) is 2.24. The molecule has 0 radical (unpaired) electrons. The quantitative estimate of drug-likeness (QED) is 0.548. The first-order valence-corrected chi connectivity index (χ1v) is 10.5. The minimum atomic E-state index is -4.36. The summed E-state index contributed by atoms with van der Waals surface area (Å²) in [6.07, 6.45) is -0.503. The third-order valence-electron chi connectivity index (χ3n) is 5.73. The van der Waals surface area contributed by atoms with Crippen LogP contribution in [0.3, 0.4) is 0 Å². The summed E-state index contributed by atoms with van der Waals surface area (Å²) in [5, 5.41) is 0. The largest absolute Gasteiger partial charge is 0.436 e. The molecular weight excluding hydrogens is 419 g/mol. The van der Waals surface area contributed by atoms with Gasteiger partial charge in [0.2, 0.25) is 5.76 Å². The van der Waals surface area contributed by atoms with Crippen molar-refractivity contribution in [3.63, 3.8) is 0 Å². The monoisotopic (exact) mass is 443 g/mol. The van der Waals surface area contributed by atoms with Gasteiger partial charge in [-0.2, -0.15) is 13.2 Å². The first-order valence-electron chi connectivity index (χ1n) is 10.5. The van der Waals surface area contributed by atoms with Gasteiger partial charge in [-0.3, -0.25) is 9.78 Å². The van der Waals surface area contributed by atoms with Crippen molar-refractivity contribution in [2.75, 3.05) is 13.1 Å². The Bertz CT molecular complexity index is 1110. The van der Waals surface area contributed by atoms with E-state index >= 15 is 0 Å². The van der Waals surface area contributed by atoms with Crippen LogP contribution in [0.1, 0.15) is 63.3 Å². The fourth-order valence-corrected chi connectivity index (χ4v) is 4.15. The van der Waals surface area contributed by atoms with Crippen LogP contribution in [0.4, 0.5) is 13.2 Å². The zero-order valence-corrected chi connectivity index (χ0v) is 17.9. The molecule has 1 saturated heterocycles. The maximum atomic E-state index is 12.9. The van der Waals surface area contributed by atoms with Gasteiger partial charge < -0.3 is 9.32 Å². The van der Waals surface area contributed by atoms with Gasteiger partial charge in [0, 0.05) is 37.8 Å².